The maximum atomic E-state index is 11.6. The molecule has 0 bridgehead atoms. The smallest absolute Gasteiger partial charge is 0.336 e. The summed E-state index contributed by atoms with van der Waals surface area (Å²) in [6.07, 6.45) is 0.230. The van der Waals surface area contributed by atoms with Gasteiger partial charge in [-0.25, -0.2) is 4.79 Å². The number of hydrogen-bond donors (Lipinski definition) is 1. The van der Waals surface area contributed by atoms with E-state index in [2.05, 4.69) is 4.90 Å². The minimum absolute atomic E-state index is 0.150. The zero-order valence-electron chi connectivity index (χ0n) is 18.0. The molecule has 0 fully saturated rings. The SMILES string of the molecule is COc1cc2c(cc1OC)CN(C[C@H](O)COc1ccc3c(C)cc(=O)oc3c1)CC2. The third kappa shape index (κ3) is 4.68. The lowest BCUT2D eigenvalue weighted by Gasteiger charge is -2.31. The van der Waals surface area contributed by atoms with E-state index in [1.165, 1.54) is 17.2 Å². The maximum Gasteiger partial charge on any atom is 0.336 e. The Morgan fingerprint density at radius 3 is 2.58 bits per heavy atom. The van der Waals surface area contributed by atoms with Crippen LogP contribution in [0.3, 0.4) is 0 Å². The molecular formula is C24H27NO6. The third-order valence-corrected chi connectivity index (χ3v) is 5.63. The second-order valence-corrected chi connectivity index (χ2v) is 7.83. The molecule has 1 N–H and O–H groups in total. The summed E-state index contributed by atoms with van der Waals surface area (Å²) in [7, 11) is 3.27. The fourth-order valence-corrected chi connectivity index (χ4v) is 4.04. The van der Waals surface area contributed by atoms with Crippen LogP contribution in [0.25, 0.3) is 11.0 Å². The summed E-state index contributed by atoms with van der Waals surface area (Å²) < 4.78 is 21.8. The fraction of sp³-hybridized carbons (Fsp3) is 0.375. The number of methoxy groups -OCH3 is 2. The van der Waals surface area contributed by atoms with Crippen LogP contribution in [0.2, 0.25) is 0 Å². The predicted molar refractivity (Wildman–Crippen MR) is 117 cm³/mol. The molecule has 3 aromatic rings. The van der Waals surface area contributed by atoms with Gasteiger partial charge < -0.3 is 23.7 Å². The number of β-amino-alcohol motifs (C(OH)–C–C–N with tert-alkyl or cyclic N) is 1. The van der Waals surface area contributed by atoms with Gasteiger partial charge in [-0.05, 0) is 54.3 Å². The number of fused-ring (bicyclic) bond motifs is 2. The van der Waals surface area contributed by atoms with Crippen molar-refractivity contribution in [3.63, 3.8) is 0 Å². The molecule has 2 heterocycles. The minimum Gasteiger partial charge on any atom is -0.493 e. The Labute approximate surface area is 180 Å². The van der Waals surface area contributed by atoms with Gasteiger partial charge in [-0.3, -0.25) is 4.90 Å². The van der Waals surface area contributed by atoms with Gasteiger partial charge in [0.25, 0.3) is 0 Å². The highest BCUT2D eigenvalue weighted by Gasteiger charge is 2.21. The van der Waals surface area contributed by atoms with Crippen molar-refractivity contribution >= 4 is 11.0 Å². The van der Waals surface area contributed by atoms with E-state index in [1.54, 1.807) is 20.3 Å². The van der Waals surface area contributed by atoms with Gasteiger partial charge >= 0.3 is 5.63 Å². The monoisotopic (exact) mass is 425 g/mol. The summed E-state index contributed by atoms with van der Waals surface area (Å²) in [5, 5.41) is 11.4. The van der Waals surface area contributed by atoms with Crippen LogP contribution in [-0.2, 0) is 13.0 Å². The number of benzene rings is 2. The van der Waals surface area contributed by atoms with Crippen molar-refractivity contribution in [3.05, 3.63) is 63.5 Å². The number of nitrogens with zero attached hydrogens (tertiary/aromatic N) is 1. The van der Waals surface area contributed by atoms with E-state index >= 15 is 0 Å². The van der Waals surface area contributed by atoms with Crippen LogP contribution < -0.4 is 19.8 Å². The summed E-state index contributed by atoms with van der Waals surface area (Å²) >= 11 is 0. The highest BCUT2D eigenvalue weighted by molar-refractivity contribution is 5.81. The van der Waals surface area contributed by atoms with Gasteiger partial charge in [0.1, 0.15) is 24.0 Å². The van der Waals surface area contributed by atoms with Crippen LogP contribution in [-0.4, -0.2) is 50.0 Å². The molecule has 4 rings (SSSR count). The molecule has 0 saturated heterocycles. The topological polar surface area (TPSA) is 81.4 Å². The Kier molecular flexibility index (Phi) is 6.15. The molecule has 7 heteroatoms. The standard InChI is InChI=1S/C24H27NO6/c1-15-8-24(27)31-21-11-19(4-5-20(15)21)30-14-18(26)13-25-7-6-16-9-22(28-2)23(29-3)10-17(16)12-25/h4-5,8-11,18,26H,6-7,12-14H2,1-3H3/t18-/m0/s1. The molecule has 0 aliphatic carbocycles. The number of rotatable bonds is 7. The highest BCUT2D eigenvalue weighted by Crippen LogP contribution is 2.33. The first-order valence-corrected chi connectivity index (χ1v) is 10.3. The molecule has 1 aliphatic heterocycles. The predicted octanol–water partition coefficient (Wildman–Crippen LogP) is 2.92. The largest absolute Gasteiger partial charge is 0.493 e. The quantitative estimate of drug-likeness (QED) is 0.583. The van der Waals surface area contributed by atoms with Crippen LogP contribution in [0, 0.1) is 6.92 Å². The Hall–Kier alpha value is -3.03. The number of ether oxygens (including phenoxy) is 3. The fourth-order valence-electron chi connectivity index (χ4n) is 4.04. The van der Waals surface area contributed by atoms with Crippen molar-refractivity contribution in [1.82, 2.24) is 4.90 Å². The van der Waals surface area contributed by atoms with Gasteiger partial charge in [-0.2, -0.15) is 0 Å². The molecule has 1 aromatic heterocycles. The number of aryl methyl sites for hydroxylation is 1. The average molecular weight is 425 g/mol. The van der Waals surface area contributed by atoms with Gasteiger partial charge in [-0.15, -0.1) is 0 Å². The Bertz CT molecular complexity index is 1140. The second kappa shape index (κ2) is 8.99. The maximum absolute atomic E-state index is 11.6. The number of hydrogen-bond acceptors (Lipinski definition) is 7. The van der Waals surface area contributed by atoms with E-state index in [-0.39, 0.29) is 12.2 Å². The summed E-state index contributed by atoms with van der Waals surface area (Å²) in [4.78, 5) is 13.8. The summed E-state index contributed by atoms with van der Waals surface area (Å²) in [6.45, 7) is 4.09. The van der Waals surface area contributed by atoms with E-state index in [4.69, 9.17) is 18.6 Å². The van der Waals surface area contributed by atoms with Crippen LogP contribution >= 0.6 is 0 Å². The molecule has 1 atom stereocenters. The van der Waals surface area contributed by atoms with Crippen LogP contribution in [0.4, 0.5) is 0 Å². The van der Waals surface area contributed by atoms with E-state index in [0.717, 1.165) is 36.2 Å². The Morgan fingerprint density at radius 1 is 1.10 bits per heavy atom. The summed E-state index contributed by atoms with van der Waals surface area (Å²) in [5.41, 5.74) is 3.37. The van der Waals surface area contributed by atoms with Crippen molar-refractivity contribution in [1.29, 1.82) is 0 Å². The molecule has 7 nitrogen and oxygen atoms in total. The molecule has 0 amide bonds. The lowest BCUT2D eigenvalue weighted by atomic mass is 9.98. The van der Waals surface area contributed by atoms with E-state index in [9.17, 15) is 9.90 Å². The first-order valence-electron chi connectivity index (χ1n) is 10.3. The van der Waals surface area contributed by atoms with Crippen molar-refractivity contribution in [2.75, 3.05) is 33.9 Å². The summed E-state index contributed by atoms with van der Waals surface area (Å²) in [5.74, 6) is 2.01. The van der Waals surface area contributed by atoms with Gasteiger partial charge in [0.2, 0.25) is 0 Å². The average Bonchev–Trinajstić information content (AvgIpc) is 2.76. The number of aliphatic hydroxyl groups excluding tert-OH is 1. The molecule has 31 heavy (non-hydrogen) atoms. The molecule has 0 unspecified atom stereocenters. The first kappa shape index (κ1) is 21.2. The first-order chi connectivity index (χ1) is 15.0. The van der Waals surface area contributed by atoms with Crippen molar-refractivity contribution in [3.8, 4) is 17.2 Å². The molecule has 0 radical (unpaired) electrons. The molecular weight excluding hydrogens is 398 g/mol. The normalized spacial score (nSPS) is 14.8. The number of aliphatic hydroxyl groups is 1. The van der Waals surface area contributed by atoms with Gasteiger partial charge in [0.15, 0.2) is 11.5 Å². The van der Waals surface area contributed by atoms with Gasteiger partial charge in [0.05, 0.1) is 14.2 Å². The van der Waals surface area contributed by atoms with Crippen LogP contribution in [0.5, 0.6) is 17.2 Å². The molecule has 1 aliphatic rings. The highest BCUT2D eigenvalue weighted by atomic mass is 16.5. The third-order valence-electron chi connectivity index (χ3n) is 5.63. The van der Waals surface area contributed by atoms with Gasteiger partial charge in [0, 0.05) is 37.2 Å². The lowest BCUT2D eigenvalue weighted by molar-refractivity contribution is 0.0637. The lowest BCUT2D eigenvalue weighted by Crippen LogP contribution is -2.38. The zero-order chi connectivity index (χ0) is 22.0. The molecule has 0 spiro atoms. The van der Waals surface area contributed by atoms with E-state index < -0.39 is 6.10 Å². The molecule has 0 saturated carbocycles. The van der Waals surface area contributed by atoms with E-state index in [1.807, 2.05) is 31.2 Å². The Balaban J connectivity index is 1.37. The minimum atomic E-state index is -0.651. The summed E-state index contributed by atoms with van der Waals surface area (Å²) in [6, 6.07) is 10.9. The molecule has 164 valence electrons. The Morgan fingerprint density at radius 2 is 1.84 bits per heavy atom. The van der Waals surface area contributed by atoms with Crippen LogP contribution in [0.1, 0.15) is 16.7 Å². The van der Waals surface area contributed by atoms with E-state index in [0.29, 0.717) is 23.6 Å². The van der Waals surface area contributed by atoms with Crippen LogP contribution in [0.15, 0.2) is 45.6 Å². The van der Waals surface area contributed by atoms with Crippen molar-refractivity contribution in [2.45, 2.75) is 26.0 Å². The zero-order valence-corrected chi connectivity index (χ0v) is 18.0. The van der Waals surface area contributed by atoms with Crippen molar-refractivity contribution < 1.29 is 23.7 Å². The van der Waals surface area contributed by atoms with Crippen molar-refractivity contribution in [2.24, 2.45) is 0 Å². The molecule has 2 aromatic carbocycles. The van der Waals surface area contributed by atoms with Gasteiger partial charge in [-0.1, -0.05) is 0 Å². The second-order valence-electron chi connectivity index (χ2n) is 7.83.